The Hall–Kier alpha value is -1.39. The Bertz CT molecular complexity index is 472. The Kier molecular flexibility index (Phi) is 4.22. The predicted molar refractivity (Wildman–Crippen MR) is 77.7 cm³/mol. The number of nitrogens with one attached hydrogen (secondary N) is 1. The van der Waals surface area contributed by atoms with Gasteiger partial charge >= 0.3 is 0 Å². The zero-order chi connectivity index (χ0) is 14.0. The van der Waals surface area contributed by atoms with Gasteiger partial charge in [0.05, 0.1) is 6.04 Å². The maximum Gasteiger partial charge on any atom is 0.241 e. The van der Waals surface area contributed by atoms with Gasteiger partial charge in [0, 0.05) is 18.8 Å². The van der Waals surface area contributed by atoms with Crippen LogP contribution in [0.4, 0.5) is 5.69 Å². The molecule has 4 nitrogen and oxygen atoms in total. The summed E-state index contributed by atoms with van der Waals surface area (Å²) in [4.78, 5) is 14.3. The fraction of sp³-hybridized carbons (Fsp3) is 0.533. The molecule has 1 amide bonds. The molecule has 0 aliphatic carbocycles. The van der Waals surface area contributed by atoms with Crippen LogP contribution in [0.15, 0.2) is 18.2 Å². The molecule has 1 aromatic carbocycles. The number of anilines is 1. The summed E-state index contributed by atoms with van der Waals surface area (Å²) in [5.41, 5.74) is 9.41. The molecule has 0 aromatic heterocycles. The van der Waals surface area contributed by atoms with E-state index in [2.05, 4.69) is 29.4 Å². The minimum Gasteiger partial charge on any atom is -0.325 e. The van der Waals surface area contributed by atoms with E-state index >= 15 is 0 Å². The van der Waals surface area contributed by atoms with Crippen molar-refractivity contribution in [1.29, 1.82) is 0 Å². The molecule has 0 saturated heterocycles. The molecule has 1 aliphatic rings. The number of rotatable bonds is 4. The lowest BCUT2D eigenvalue weighted by Crippen LogP contribution is -2.40. The minimum absolute atomic E-state index is 0.0966. The Morgan fingerprint density at radius 3 is 2.79 bits per heavy atom. The maximum absolute atomic E-state index is 12.0. The first kappa shape index (κ1) is 14.0. The van der Waals surface area contributed by atoms with E-state index in [9.17, 15) is 4.79 Å². The summed E-state index contributed by atoms with van der Waals surface area (Å²) >= 11 is 0. The summed E-state index contributed by atoms with van der Waals surface area (Å²) in [7, 11) is 2.09. The third-order valence-electron chi connectivity index (χ3n) is 3.91. The third-order valence-corrected chi connectivity index (χ3v) is 3.91. The first-order valence-corrected chi connectivity index (χ1v) is 6.88. The van der Waals surface area contributed by atoms with Crippen LogP contribution in [0.2, 0.25) is 0 Å². The molecule has 0 saturated carbocycles. The molecule has 2 rings (SSSR count). The van der Waals surface area contributed by atoms with E-state index in [1.807, 2.05) is 19.9 Å². The first-order valence-electron chi connectivity index (χ1n) is 6.88. The van der Waals surface area contributed by atoms with Gasteiger partial charge in [0.2, 0.25) is 5.91 Å². The summed E-state index contributed by atoms with van der Waals surface area (Å²) in [6.07, 6.45) is 0.906. The minimum atomic E-state index is -0.444. The second kappa shape index (κ2) is 5.72. The molecule has 4 heteroatoms. The number of amides is 1. The standard InChI is InChI=1S/C15H23N3O/c1-4-10(2)14(16)15(19)17-13-6-5-11-8-18(3)9-12(11)7-13/h5-7,10,14H,4,8-9,16H2,1-3H3,(H,17,19)/t10?,14-/m0/s1. The molecular weight excluding hydrogens is 238 g/mol. The number of nitrogens with two attached hydrogens (primary N) is 1. The van der Waals surface area contributed by atoms with E-state index in [1.54, 1.807) is 0 Å². The quantitative estimate of drug-likeness (QED) is 0.871. The van der Waals surface area contributed by atoms with Gasteiger partial charge in [-0.25, -0.2) is 0 Å². The van der Waals surface area contributed by atoms with Gasteiger partial charge in [0.25, 0.3) is 0 Å². The van der Waals surface area contributed by atoms with Gasteiger partial charge in [-0.1, -0.05) is 26.3 Å². The topological polar surface area (TPSA) is 58.4 Å². The van der Waals surface area contributed by atoms with Crippen LogP contribution in [-0.2, 0) is 17.9 Å². The second-order valence-electron chi connectivity index (χ2n) is 5.56. The summed E-state index contributed by atoms with van der Waals surface area (Å²) in [6.45, 7) is 5.97. The van der Waals surface area contributed by atoms with Gasteiger partial charge < -0.3 is 11.1 Å². The van der Waals surface area contributed by atoms with Crippen LogP contribution in [0.25, 0.3) is 0 Å². The van der Waals surface area contributed by atoms with E-state index in [-0.39, 0.29) is 11.8 Å². The Balaban J connectivity index is 2.04. The molecule has 0 fully saturated rings. The molecule has 104 valence electrons. The van der Waals surface area contributed by atoms with Gasteiger partial charge in [-0.3, -0.25) is 9.69 Å². The molecule has 1 aliphatic heterocycles. The Morgan fingerprint density at radius 1 is 1.42 bits per heavy atom. The van der Waals surface area contributed by atoms with Crippen LogP contribution >= 0.6 is 0 Å². The van der Waals surface area contributed by atoms with Crippen LogP contribution in [0.1, 0.15) is 31.4 Å². The van der Waals surface area contributed by atoms with Crippen molar-refractivity contribution in [2.75, 3.05) is 12.4 Å². The van der Waals surface area contributed by atoms with Crippen LogP contribution in [-0.4, -0.2) is 23.9 Å². The van der Waals surface area contributed by atoms with Crippen molar-refractivity contribution in [3.63, 3.8) is 0 Å². The van der Waals surface area contributed by atoms with Crippen molar-refractivity contribution in [2.45, 2.75) is 39.4 Å². The lowest BCUT2D eigenvalue weighted by Gasteiger charge is -2.18. The number of fused-ring (bicyclic) bond motifs is 1. The molecular formula is C15H23N3O. The molecule has 0 radical (unpaired) electrons. The molecule has 0 spiro atoms. The molecule has 1 aromatic rings. The van der Waals surface area contributed by atoms with Crippen molar-refractivity contribution in [2.24, 2.45) is 11.7 Å². The molecule has 1 unspecified atom stereocenters. The van der Waals surface area contributed by atoms with Gasteiger partial charge in [0.1, 0.15) is 0 Å². The molecule has 1 heterocycles. The Labute approximate surface area is 115 Å². The first-order chi connectivity index (χ1) is 9.01. The van der Waals surface area contributed by atoms with E-state index in [1.165, 1.54) is 11.1 Å². The monoisotopic (exact) mass is 261 g/mol. The van der Waals surface area contributed by atoms with Crippen LogP contribution in [0, 0.1) is 5.92 Å². The van der Waals surface area contributed by atoms with Crippen molar-refractivity contribution in [3.05, 3.63) is 29.3 Å². The molecule has 19 heavy (non-hydrogen) atoms. The van der Waals surface area contributed by atoms with Crippen LogP contribution < -0.4 is 11.1 Å². The zero-order valence-electron chi connectivity index (χ0n) is 11.9. The van der Waals surface area contributed by atoms with Gasteiger partial charge in [-0.05, 0) is 36.2 Å². The van der Waals surface area contributed by atoms with Crippen LogP contribution in [0.5, 0.6) is 0 Å². The highest BCUT2D eigenvalue weighted by Crippen LogP contribution is 2.24. The number of carbonyl (C=O) groups excluding carboxylic acids is 1. The van der Waals surface area contributed by atoms with Crippen molar-refractivity contribution >= 4 is 11.6 Å². The van der Waals surface area contributed by atoms with Gasteiger partial charge in [-0.15, -0.1) is 0 Å². The third kappa shape index (κ3) is 3.14. The number of hydrogen-bond donors (Lipinski definition) is 2. The average Bonchev–Trinajstić information content (AvgIpc) is 2.76. The largest absolute Gasteiger partial charge is 0.325 e. The smallest absolute Gasteiger partial charge is 0.241 e. The van der Waals surface area contributed by atoms with E-state index in [0.717, 1.165) is 25.2 Å². The fourth-order valence-electron chi connectivity index (χ4n) is 2.38. The summed E-state index contributed by atoms with van der Waals surface area (Å²) in [6, 6.07) is 5.66. The lowest BCUT2D eigenvalue weighted by atomic mass is 9.99. The highest BCUT2D eigenvalue weighted by molar-refractivity contribution is 5.95. The number of nitrogens with zero attached hydrogens (tertiary/aromatic N) is 1. The van der Waals surface area contributed by atoms with Crippen LogP contribution in [0.3, 0.4) is 0 Å². The van der Waals surface area contributed by atoms with Gasteiger partial charge in [-0.2, -0.15) is 0 Å². The molecule has 3 N–H and O–H groups in total. The lowest BCUT2D eigenvalue weighted by molar-refractivity contribution is -0.118. The highest BCUT2D eigenvalue weighted by Gasteiger charge is 2.20. The van der Waals surface area contributed by atoms with Crippen molar-refractivity contribution in [1.82, 2.24) is 4.90 Å². The molecule has 0 bridgehead atoms. The fourth-order valence-corrected chi connectivity index (χ4v) is 2.38. The number of benzene rings is 1. The van der Waals surface area contributed by atoms with Crippen molar-refractivity contribution in [3.8, 4) is 0 Å². The van der Waals surface area contributed by atoms with E-state index < -0.39 is 6.04 Å². The summed E-state index contributed by atoms with van der Waals surface area (Å²) < 4.78 is 0. The van der Waals surface area contributed by atoms with Gasteiger partial charge in [0.15, 0.2) is 0 Å². The normalized spacial score (nSPS) is 17.9. The maximum atomic E-state index is 12.0. The average molecular weight is 261 g/mol. The van der Waals surface area contributed by atoms with E-state index in [0.29, 0.717) is 0 Å². The van der Waals surface area contributed by atoms with E-state index in [4.69, 9.17) is 5.73 Å². The second-order valence-corrected chi connectivity index (χ2v) is 5.56. The summed E-state index contributed by atoms with van der Waals surface area (Å²) in [5.74, 6) is 0.0983. The highest BCUT2D eigenvalue weighted by atomic mass is 16.2. The number of carbonyl (C=O) groups is 1. The summed E-state index contributed by atoms with van der Waals surface area (Å²) in [5, 5.41) is 2.92. The number of hydrogen-bond acceptors (Lipinski definition) is 3. The predicted octanol–water partition coefficient (Wildman–Crippen LogP) is 1.94. The zero-order valence-corrected chi connectivity index (χ0v) is 11.9. The molecule has 2 atom stereocenters. The Morgan fingerprint density at radius 2 is 2.11 bits per heavy atom. The SMILES string of the molecule is CCC(C)[C@H](N)C(=O)Nc1ccc2c(c1)CN(C)C2. The van der Waals surface area contributed by atoms with Crippen molar-refractivity contribution < 1.29 is 4.79 Å².